The Hall–Kier alpha value is -1.59. The molecule has 0 spiro atoms. The van der Waals surface area contributed by atoms with Gasteiger partial charge in [-0.3, -0.25) is 9.59 Å². The van der Waals surface area contributed by atoms with Crippen molar-refractivity contribution in [3.8, 4) is 0 Å². The van der Waals surface area contributed by atoms with E-state index in [0.29, 0.717) is 12.5 Å². The minimum atomic E-state index is -0.0468. The van der Waals surface area contributed by atoms with Crippen LogP contribution >= 0.6 is 12.4 Å². The van der Waals surface area contributed by atoms with Crippen molar-refractivity contribution in [2.24, 2.45) is 11.8 Å². The van der Waals surface area contributed by atoms with Gasteiger partial charge in [0.25, 0.3) is 5.91 Å². The Labute approximate surface area is 175 Å². The summed E-state index contributed by atoms with van der Waals surface area (Å²) in [5.74, 6) is 0.936. The van der Waals surface area contributed by atoms with E-state index in [1.165, 1.54) is 0 Å². The van der Waals surface area contributed by atoms with Gasteiger partial charge in [-0.1, -0.05) is 17.2 Å². The van der Waals surface area contributed by atoms with Crippen molar-refractivity contribution >= 4 is 24.2 Å². The molecule has 1 N–H and O–H groups in total. The van der Waals surface area contributed by atoms with Crippen molar-refractivity contribution < 1.29 is 9.59 Å². The van der Waals surface area contributed by atoms with Crippen LogP contribution in [0.1, 0.15) is 47.2 Å². The third-order valence-corrected chi connectivity index (χ3v) is 5.95. The molecule has 0 aromatic heterocycles. The normalized spacial score (nSPS) is 20.6. The summed E-state index contributed by atoms with van der Waals surface area (Å²) < 4.78 is 0. The van der Waals surface area contributed by atoms with Crippen molar-refractivity contribution in [3.63, 3.8) is 0 Å². The topological polar surface area (TPSA) is 52.7 Å². The molecule has 1 aromatic rings. The summed E-state index contributed by atoms with van der Waals surface area (Å²) in [6, 6.07) is 5.98. The number of hydrogen-bond donors (Lipinski definition) is 1. The van der Waals surface area contributed by atoms with Crippen LogP contribution in [0.3, 0.4) is 0 Å². The van der Waals surface area contributed by atoms with E-state index in [9.17, 15) is 9.59 Å². The average molecular weight is 408 g/mol. The maximum atomic E-state index is 13.0. The molecule has 2 amide bonds. The molecule has 2 fully saturated rings. The molecular weight excluding hydrogens is 374 g/mol. The quantitative estimate of drug-likeness (QED) is 0.834. The number of aryl methyl sites for hydroxylation is 2. The summed E-state index contributed by atoms with van der Waals surface area (Å²) in [7, 11) is 1.99. The summed E-state index contributed by atoms with van der Waals surface area (Å²) in [4.78, 5) is 29.9. The number of carbonyl (C=O) groups excluding carboxylic acids is 2. The maximum Gasteiger partial charge on any atom is 0.253 e. The lowest BCUT2D eigenvalue weighted by atomic mass is 9.92. The van der Waals surface area contributed by atoms with Crippen molar-refractivity contribution in [2.75, 3.05) is 39.8 Å². The highest BCUT2D eigenvalue weighted by molar-refractivity contribution is 5.95. The summed E-state index contributed by atoms with van der Waals surface area (Å²) in [6.07, 6.45) is 3.95. The van der Waals surface area contributed by atoms with E-state index in [1.54, 1.807) is 0 Å². The Morgan fingerprint density at radius 2 is 1.64 bits per heavy atom. The standard InChI is InChI=1S/C22H33N3O2.ClH/c1-16-11-17(2)13-20(12-16)22(27)25-8-4-5-19(15-25)21(26)24-9-6-18(7-10-24)14-23-3;/h11-13,18-19,23H,4-10,14-15H2,1-3H3;1H. The van der Waals surface area contributed by atoms with Gasteiger partial charge in [-0.05, 0) is 71.2 Å². The summed E-state index contributed by atoms with van der Waals surface area (Å²) >= 11 is 0. The van der Waals surface area contributed by atoms with Crippen LogP contribution in [-0.2, 0) is 4.79 Å². The fourth-order valence-corrected chi connectivity index (χ4v) is 4.55. The van der Waals surface area contributed by atoms with Gasteiger partial charge in [0.15, 0.2) is 0 Å². The number of rotatable bonds is 4. The Balaban J connectivity index is 0.00000280. The van der Waals surface area contributed by atoms with Crippen LogP contribution in [0, 0.1) is 25.7 Å². The third-order valence-electron chi connectivity index (χ3n) is 5.95. The number of benzene rings is 1. The molecule has 28 heavy (non-hydrogen) atoms. The number of piperidine rings is 2. The van der Waals surface area contributed by atoms with E-state index in [1.807, 2.05) is 42.8 Å². The monoisotopic (exact) mass is 407 g/mol. The second-order valence-corrected chi connectivity index (χ2v) is 8.29. The molecule has 2 aliphatic rings. The highest BCUT2D eigenvalue weighted by atomic mass is 35.5. The van der Waals surface area contributed by atoms with Gasteiger partial charge in [0.05, 0.1) is 5.92 Å². The molecular formula is C22H34ClN3O2. The highest BCUT2D eigenvalue weighted by Gasteiger charge is 2.33. The fourth-order valence-electron chi connectivity index (χ4n) is 4.55. The molecule has 2 saturated heterocycles. The minimum absolute atomic E-state index is 0. The molecule has 156 valence electrons. The predicted octanol–water partition coefficient (Wildman–Crippen LogP) is 3.04. The Morgan fingerprint density at radius 1 is 1.00 bits per heavy atom. The first kappa shape index (κ1) is 22.7. The molecule has 3 rings (SSSR count). The smallest absolute Gasteiger partial charge is 0.253 e. The van der Waals surface area contributed by atoms with E-state index >= 15 is 0 Å². The number of halogens is 1. The predicted molar refractivity (Wildman–Crippen MR) is 115 cm³/mol. The first-order valence-corrected chi connectivity index (χ1v) is 10.3. The summed E-state index contributed by atoms with van der Waals surface area (Å²) in [5.41, 5.74) is 2.95. The number of likely N-dealkylation sites (tertiary alicyclic amines) is 2. The second kappa shape index (κ2) is 10.3. The average Bonchev–Trinajstić information content (AvgIpc) is 2.67. The Kier molecular flexibility index (Phi) is 8.32. The van der Waals surface area contributed by atoms with E-state index in [0.717, 1.165) is 68.6 Å². The lowest BCUT2D eigenvalue weighted by Crippen LogP contribution is -2.49. The number of amides is 2. The zero-order valence-corrected chi connectivity index (χ0v) is 18.2. The lowest BCUT2D eigenvalue weighted by Gasteiger charge is -2.38. The number of hydrogen-bond acceptors (Lipinski definition) is 3. The summed E-state index contributed by atoms with van der Waals surface area (Å²) in [6.45, 7) is 8.08. The first-order chi connectivity index (χ1) is 13.0. The molecule has 0 aliphatic carbocycles. The lowest BCUT2D eigenvalue weighted by molar-refractivity contribution is -0.138. The van der Waals surface area contributed by atoms with Gasteiger partial charge in [0, 0.05) is 31.7 Å². The first-order valence-electron chi connectivity index (χ1n) is 10.3. The molecule has 5 nitrogen and oxygen atoms in total. The molecule has 0 saturated carbocycles. The van der Waals surface area contributed by atoms with Crippen LogP contribution < -0.4 is 5.32 Å². The number of carbonyl (C=O) groups is 2. The molecule has 2 aliphatic heterocycles. The number of nitrogens with one attached hydrogen (secondary N) is 1. The van der Waals surface area contributed by atoms with Crippen LogP contribution in [0.25, 0.3) is 0 Å². The second-order valence-electron chi connectivity index (χ2n) is 8.29. The molecule has 1 unspecified atom stereocenters. The fraction of sp³-hybridized carbons (Fsp3) is 0.636. The molecule has 6 heteroatoms. The highest BCUT2D eigenvalue weighted by Crippen LogP contribution is 2.24. The molecule has 1 atom stereocenters. The Morgan fingerprint density at radius 3 is 2.25 bits per heavy atom. The van der Waals surface area contributed by atoms with Crippen LogP contribution in [0.2, 0.25) is 0 Å². The number of nitrogens with zero attached hydrogens (tertiary/aromatic N) is 2. The summed E-state index contributed by atoms with van der Waals surface area (Å²) in [5, 5.41) is 3.24. The van der Waals surface area contributed by atoms with Crippen molar-refractivity contribution in [2.45, 2.75) is 39.5 Å². The molecule has 0 radical (unpaired) electrons. The van der Waals surface area contributed by atoms with Crippen molar-refractivity contribution in [1.29, 1.82) is 0 Å². The van der Waals surface area contributed by atoms with Crippen LogP contribution in [-0.4, -0.2) is 61.4 Å². The van der Waals surface area contributed by atoms with Crippen LogP contribution in [0.5, 0.6) is 0 Å². The van der Waals surface area contributed by atoms with E-state index in [-0.39, 0.29) is 30.1 Å². The molecule has 1 aromatic carbocycles. The van der Waals surface area contributed by atoms with Gasteiger partial charge in [0.2, 0.25) is 5.91 Å². The molecule has 0 bridgehead atoms. The van der Waals surface area contributed by atoms with Crippen molar-refractivity contribution in [1.82, 2.24) is 15.1 Å². The van der Waals surface area contributed by atoms with E-state index in [2.05, 4.69) is 11.4 Å². The Bertz CT molecular complexity index is 666. The van der Waals surface area contributed by atoms with Gasteiger partial charge in [0.1, 0.15) is 0 Å². The van der Waals surface area contributed by atoms with Crippen molar-refractivity contribution in [3.05, 3.63) is 34.9 Å². The van der Waals surface area contributed by atoms with Gasteiger partial charge >= 0.3 is 0 Å². The zero-order chi connectivity index (χ0) is 19.4. The van der Waals surface area contributed by atoms with Gasteiger partial charge in [-0.25, -0.2) is 0 Å². The SMILES string of the molecule is CNCC1CCN(C(=O)C2CCCN(C(=O)c3cc(C)cc(C)c3)C2)CC1.Cl. The third kappa shape index (κ3) is 5.48. The van der Waals surface area contributed by atoms with E-state index < -0.39 is 0 Å². The van der Waals surface area contributed by atoms with Gasteiger partial charge in [-0.2, -0.15) is 0 Å². The minimum Gasteiger partial charge on any atom is -0.342 e. The maximum absolute atomic E-state index is 13.0. The largest absolute Gasteiger partial charge is 0.342 e. The molecule has 2 heterocycles. The van der Waals surface area contributed by atoms with Crippen LogP contribution in [0.15, 0.2) is 18.2 Å². The van der Waals surface area contributed by atoms with Crippen LogP contribution in [0.4, 0.5) is 0 Å². The van der Waals surface area contributed by atoms with Gasteiger partial charge in [-0.15, -0.1) is 12.4 Å². The van der Waals surface area contributed by atoms with E-state index in [4.69, 9.17) is 0 Å². The zero-order valence-electron chi connectivity index (χ0n) is 17.4. The van der Waals surface area contributed by atoms with Gasteiger partial charge < -0.3 is 15.1 Å².